The van der Waals surface area contributed by atoms with Crippen molar-refractivity contribution in [3.63, 3.8) is 0 Å². The summed E-state index contributed by atoms with van der Waals surface area (Å²) in [6, 6.07) is 3.94. The molecule has 0 amide bonds. The van der Waals surface area contributed by atoms with Crippen LogP contribution in [0.1, 0.15) is 17.5 Å². The van der Waals surface area contributed by atoms with Crippen molar-refractivity contribution in [2.24, 2.45) is 0 Å². The minimum absolute atomic E-state index is 0.785. The predicted octanol–water partition coefficient (Wildman–Crippen LogP) is 2.84. The van der Waals surface area contributed by atoms with Gasteiger partial charge in [0.2, 0.25) is 0 Å². The maximum Gasteiger partial charge on any atom is 0.123 e. The molecule has 0 radical (unpaired) electrons. The van der Waals surface area contributed by atoms with Gasteiger partial charge in [0.1, 0.15) is 5.75 Å². The third-order valence-electron chi connectivity index (χ3n) is 2.36. The van der Waals surface area contributed by atoms with Crippen molar-refractivity contribution in [3.8, 4) is 5.75 Å². The second-order valence-corrected chi connectivity index (χ2v) is 3.54. The van der Waals surface area contributed by atoms with Crippen LogP contribution in [0.15, 0.2) is 12.1 Å². The number of ether oxygens (including phenoxy) is 1. The highest BCUT2D eigenvalue weighted by Crippen LogP contribution is 2.33. The second-order valence-electron chi connectivity index (χ2n) is 3.10. The van der Waals surface area contributed by atoms with E-state index in [4.69, 9.17) is 16.3 Å². The summed E-state index contributed by atoms with van der Waals surface area (Å²) in [6.45, 7) is 0. The molecular weight excluding hydrogens is 172 g/mol. The molecule has 1 nitrogen and oxygen atoms in total. The Bertz CT molecular complexity index is 307. The lowest BCUT2D eigenvalue weighted by atomic mass is 10.1. The van der Waals surface area contributed by atoms with E-state index >= 15 is 0 Å². The average molecular weight is 183 g/mol. The largest absolute Gasteiger partial charge is 0.496 e. The molecule has 0 fully saturated rings. The molecule has 0 spiro atoms. The predicted molar refractivity (Wildman–Crippen MR) is 50.0 cm³/mol. The molecule has 0 bridgehead atoms. The minimum atomic E-state index is 0.785. The maximum absolute atomic E-state index is 5.93. The number of rotatable bonds is 1. The highest BCUT2D eigenvalue weighted by molar-refractivity contribution is 6.30. The van der Waals surface area contributed by atoms with E-state index in [-0.39, 0.29) is 0 Å². The molecule has 0 heterocycles. The highest BCUT2D eigenvalue weighted by Gasteiger charge is 2.15. The van der Waals surface area contributed by atoms with Crippen LogP contribution >= 0.6 is 11.6 Å². The van der Waals surface area contributed by atoms with Crippen LogP contribution in [0, 0.1) is 0 Å². The van der Waals surface area contributed by atoms with E-state index in [1.54, 1.807) is 7.11 Å². The zero-order chi connectivity index (χ0) is 8.55. The first-order valence-electron chi connectivity index (χ1n) is 4.16. The Morgan fingerprint density at radius 2 is 2.17 bits per heavy atom. The number of fused-ring (bicyclic) bond motifs is 1. The van der Waals surface area contributed by atoms with Gasteiger partial charge in [-0.3, -0.25) is 0 Å². The average Bonchev–Trinajstić information content (AvgIpc) is 2.50. The summed E-state index contributed by atoms with van der Waals surface area (Å²) in [5, 5.41) is 0.785. The van der Waals surface area contributed by atoms with Crippen LogP contribution in [0.2, 0.25) is 5.02 Å². The van der Waals surface area contributed by atoms with Crippen LogP contribution in [0.25, 0.3) is 0 Å². The van der Waals surface area contributed by atoms with E-state index in [2.05, 4.69) is 0 Å². The SMILES string of the molecule is COc1cc(Cl)cc2c1CCC2. The van der Waals surface area contributed by atoms with Crippen LogP contribution in [0.4, 0.5) is 0 Å². The Hall–Kier alpha value is -0.690. The van der Waals surface area contributed by atoms with E-state index in [9.17, 15) is 0 Å². The van der Waals surface area contributed by atoms with Gasteiger partial charge >= 0.3 is 0 Å². The lowest BCUT2D eigenvalue weighted by molar-refractivity contribution is 0.410. The van der Waals surface area contributed by atoms with Crippen molar-refractivity contribution in [2.45, 2.75) is 19.3 Å². The smallest absolute Gasteiger partial charge is 0.123 e. The maximum atomic E-state index is 5.93. The van der Waals surface area contributed by atoms with Gasteiger partial charge in [-0.2, -0.15) is 0 Å². The Morgan fingerprint density at radius 1 is 1.33 bits per heavy atom. The Kier molecular flexibility index (Phi) is 1.97. The van der Waals surface area contributed by atoms with Crippen molar-refractivity contribution < 1.29 is 4.74 Å². The first kappa shape index (κ1) is 7.93. The van der Waals surface area contributed by atoms with Crippen molar-refractivity contribution >= 4 is 11.6 Å². The number of benzene rings is 1. The zero-order valence-corrected chi connectivity index (χ0v) is 7.82. The summed E-state index contributed by atoms with van der Waals surface area (Å²) in [7, 11) is 1.70. The van der Waals surface area contributed by atoms with Crippen LogP contribution < -0.4 is 4.74 Å². The Morgan fingerprint density at radius 3 is 2.92 bits per heavy atom. The molecule has 1 aromatic rings. The quantitative estimate of drug-likeness (QED) is 0.649. The molecule has 12 heavy (non-hydrogen) atoms. The Balaban J connectivity index is 2.55. The summed E-state index contributed by atoms with van der Waals surface area (Å²) >= 11 is 5.93. The van der Waals surface area contributed by atoms with Crippen molar-refractivity contribution in [2.75, 3.05) is 7.11 Å². The van der Waals surface area contributed by atoms with Crippen molar-refractivity contribution in [3.05, 3.63) is 28.3 Å². The van der Waals surface area contributed by atoms with Crippen LogP contribution in [-0.4, -0.2) is 7.11 Å². The first-order valence-corrected chi connectivity index (χ1v) is 4.54. The van der Waals surface area contributed by atoms with Gasteiger partial charge in [0.25, 0.3) is 0 Å². The summed E-state index contributed by atoms with van der Waals surface area (Å²) < 4.78 is 5.25. The monoisotopic (exact) mass is 182 g/mol. The van der Waals surface area contributed by atoms with Crippen LogP contribution in [0.5, 0.6) is 5.75 Å². The van der Waals surface area contributed by atoms with Gasteiger partial charge in [0.15, 0.2) is 0 Å². The number of hydrogen-bond acceptors (Lipinski definition) is 1. The Labute approximate surface area is 77.3 Å². The molecule has 1 aliphatic carbocycles. The number of aryl methyl sites for hydroxylation is 1. The highest BCUT2D eigenvalue weighted by atomic mass is 35.5. The zero-order valence-electron chi connectivity index (χ0n) is 7.06. The summed E-state index contributed by atoms with van der Waals surface area (Å²) in [6.07, 6.45) is 3.51. The number of hydrogen-bond donors (Lipinski definition) is 0. The number of methoxy groups -OCH3 is 1. The topological polar surface area (TPSA) is 9.23 Å². The van der Waals surface area contributed by atoms with Gasteiger partial charge in [0.05, 0.1) is 7.11 Å². The van der Waals surface area contributed by atoms with E-state index < -0.39 is 0 Å². The molecular formula is C10H11ClO. The van der Waals surface area contributed by atoms with E-state index in [1.807, 2.05) is 12.1 Å². The molecule has 1 aromatic carbocycles. The van der Waals surface area contributed by atoms with Gasteiger partial charge in [-0.05, 0) is 42.5 Å². The summed E-state index contributed by atoms with van der Waals surface area (Å²) in [4.78, 5) is 0. The summed E-state index contributed by atoms with van der Waals surface area (Å²) in [5.41, 5.74) is 2.71. The molecule has 0 unspecified atom stereocenters. The van der Waals surface area contributed by atoms with E-state index in [1.165, 1.54) is 17.5 Å². The molecule has 0 atom stereocenters. The third kappa shape index (κ3) is 1.18. The fourth-order valence-electron chi connectivity index (χ4n) is 1.81. The molecule has 0 aliphatic heterocycles. The minimum Gasteiger partial charge on any atom is -0.496 e. The normalized spacial score (nSPS) is 14.5. The van der Waals surface area contributed by atoms with Crippen LogP contribution in [0.3, 0.4) is 0 Å². The van der Waals surface area contributed by atoms with Crippen LogP contribution in [-0.2, 0) is 12.8 Å². The van der Waals surface area contributed by atoms with E-state index in [0.717, 1.165) is 23.6 Å². The van der Waals surface area contributed by atoms with Gasteiger partial charge < -0.3 is 4.74 Å². The molecule has 64 valence electrons. The second kappa shape index (κ2) is 2.98. The molecule has 2 rings (SSSR count). The molecule has 2 heteroatoms. The van der Waals surface area contributed by atoms with Crippen molar-refractivity contribution in [1.29, 1.82) is 0 Å². The molecule has 1 aliphatic rings. The lowest BCUT2D eigenvalue weighted by Crippen LogP contribution is -1.90. The number of halogens is 1. The molecule has 0 N–H and O–H groups in total. The summed E-state index contributed by atoms with van der Waals surface area (Å²) in [5.74, 6) is 0.954. The lowest BCUT2D eigenvalue weighted by Gasteiger charge is -2.07. The van der Waals surface area contributed by atoms with Gasteiger partial charge in [-0.25, -0.2) is 0 Å². The molecule has 0 aromatic heterocycles. The van der Waals surface area contributed by atoms with Gasteiger partial charge in [-0.15, -0.1) is 0 Å². The van der Waals surface area contributed by atoms with Gasteiger partial charge in [0, 0.05) is 5.02 Å². The fraction of sp³-hybridized carbons (Fsp3) is 0.400. The van der Waals surface area contributed by atoms with Gasteiger partial charge in [-0.1, -0.05) is 11.6 Å². The van der Waals surface area contributed by atoms with Crippen molar-refractivity contribution in [1.82, 2.24) is 0 Å². The fourth-order valence-corrected chi connectivity index (χ4v) is 2.04. The third-order valence-corrected chi connectivity index (χ3v) is 2.58. The molecule has 0 saturated heterocycles. The first-order chi connectivity index (χ1) is 5.81. The standard InChI is InChI=1S/C10H11ClO/c1-12-10-6-8(11)5-7-3-2-4-9(7)10/h5-6H,2-4H2,1H3. The molecule has 0 saturated carbocycles. The van der Waals surface area contributed by atoms with E-state index in [0.29, 0.717) is 0 Å².